The molecular weight excluding hydrogens is 416 g/mol. The lowest BCUT2D eigenvalue weighted by Crippen LogP contribution is -2.73. The van der Waals surface area contributed by atoms with E-state index in [-0.39, 0.29) is 0 Å². The maximum absolute atomic E-state index is 8.41. The number of rotatable bonds is 7. The van der Waals surface area contributed by atoms with Crippen LogP contribution in [0.1, 0.15) is 32.6 Å². The van der Waals surface area contributed by atoms with Gasteiger partial charge >= 0.3 is 0 Å². The smallest absolute Gasteiger partial charge is 0.158 e. The van der Waals surface area contributed by atoms with Gasteiger partial charge in [-0.2, -0.15) is 11.1 Å². The van der Waals surface area contributed by atoms with Crippen molar-refractivity contribution in [1.82, 2.24) is 0 Å². The minimum Gasteiger partial charge on any atom is -0.167 e. The van der Waals surface area contributed by atoms with Crippen LogP contribution in [0.5, 0.6) is 0 Å². The van der Waals surface area contributed by atoms with Crippen LogP contribution in [0.2, 0.25) is 93.2 Å². The highest BCUT2D eigenvalue weighted by molar-refractivity contribution is 7.42. The summed E-state index contributed by atoms with van der Waals surface area (Å²) in [7, 11) is -7.61. The third-order valence-corrected chi connectivity index (χ3v) is 51.2. The number of halogens is 1. The standard InChI is InChI=1S/C20H49ClSi5/c1-14-15-18-26(21)19(22(2,3)4,23(5,6)7)16-17-20(26,24(8,9)10)25(11,12)13/h14-18H2,1-13H3. The molecule has 1 rings (SSSR count). The summed E-state index contributed by atoms with van der Waals surface area (Å²) in [4.78, 5) is 0. The second-order valence-electron chi connectivity index (χ2n) is 13.2. The molecule has 1 heterocycles. The lowest BCUT2D eigenvalue weighted by Gasteiger charge is -2.65. The predicted molar refractivity (Wildman–Crippen MR) is 139 cm³/mol. The Morgan fingerprint density at radius 3 is 1.12 bits per heavy atom. The van der Waals surface area contributed by atoms with Crippen LogP contribution >= 0.6 is 11.1 Å². The molecule has 0 aliphatic carbocycles. The summed E-state index contributed by atoms with van der Waals surface area (Å²) in [5, 5.41) is 0. The molecule has 0 spiro atoms. The Balaban J connectivity index is 4.00. The molecule has 1 fully saturated rings. The molecule has 0 unspecified atom stereocenters. The minimum atomic E-state index is -1.99. The van der Waals surface area contributed by atoms with Gasteiger partial charge in [0.15, 0.2) is 7.38 Å². The SMILES string of the molecule is CCCC[Si]1(Cl)C([Si](C)(C)C)([Si](C)(C)C)CCC1([Si](C)(C)C)[Si](C)(C)C. The van der Waals surface area contributed by atoms with Crippen LogP contribution < -0.4 is 0 Å². The van der Waals surface area contributed by atoms with E-state index < -0.39 is 39.7 Å². The van der Waals surface area contributed by atoms with Crippen molar-refractivity contribution < 1.29 is 0 Å². The first-order valence-corrected chi connectivity index (χ1v) is 28.2. The zero-order chi connectivity index (χ0) is 21.0. The highest BCUT2D eigenvalue weighted by Crippen LogP contribution is 2.78. The molecule has 0 aromatic carbocycles. The maximum atomic E-state index is 8.41. The van der Waals surface area contributed by atoms with Crippen molar-refractivity contribution in [1.29, 1.82) is 0 Å². The van der Waals surface area contributed by atoms with Gasteiger partial charge < -0.3 is 0 Å². The van der Waals surface area contributed by atoms with Crippen molar-refractivity contribution in [2.75, 3.05) is 0 Å². The third kappa shape index (κ3) is 3.32. The largest absolute Gasteiger partial charge is 0.167 e. The van der Waals surface area contributed by atoms with Gasteiger partial charge in [-0.1, -0.05) is 111 Å². The molecule has 0 saturated carbocycles. The van der Waals surface area contributed by atoms with Crippen molar-refractivity contribution in [3.05, 3.63) is 0 Å². The molecule has 156 valence electrons. The monoisotopic (exact) mass is 464 g/mol. The van der Waals surface area contributed by atoms with Crippen molar-refractivity contribution in [3.63, 3.8) is 0 Å². The molecule has 6 heteroatoms. The molecule has 26 heavy (non-hydrogen) atoms. The van der Waals surface area contributed by atoms with E-state index in [1.54, 1.807) is 0 Å². The normalized spacial score (nSPS) is 23.3. The molecule has 0 bridgehead atoms. The van der Waals surface area contributed by atoms with E-state index in [1.807, 2.05) is 0 Å². The van der Waals surface area contributed by atoms with Gasteiger partial charge in [0.05, 0.1) is 0 Å². The van der Waals surface area contributed by atoms with E-state index >= 15 is 0 Å². The fourth-order valence-corrected chi connectivity index (χ4v) is 68.8. The van der Waals surface area contributed by atoms with Gasteiger partial charge in [0.25, 0.3) is 0 Å². The summed E-state index contributed by atoms with van der Waals surface area (Å²) in [6.45, 7) is 34.6. The van der Waals surface area contributed by atoms with E-state index in [4.69, 9.17) is 11.1 Å². The highest BCUT2D eigenvalue weighted by atomic mass is 35.6. The van der Waals surface area contributed by atoms with E-state index in [1.165, 1.54) is 31.7 Å². The van der Waals surface area contributed by atoms with Gasteiger partial charge in [0.1, 0.15) is 0 Å². The molecule has 0 radical (unpaired) electrons. The second-order valence-corrected chi connectivity index (χ2v) is 43.4. The van der Waals surface area contributed by atoms with Gasteiger partial charge in [-0.05, 0) is 14.6 Å². The van der Waals surface area contributed by atoms with Crippen LogP contribution in [-0.4, -0.2) is 39.7 Å². The van der Waals surface area contributed by atoms with Crippen LogP contribution in [0, 0.1) is 0 Å². The average molecular weight is 465 g/mol. The molecule has 1 aliphatic heterocycles. The Kier molecular flexibility index (Phi) is 7.09. The number of unbranched alkanes of at least 4 members (excludes halogenated alkanes) is 1. The highest BCUT2D eigenvalue weighted by Gasteiger charge is 2.79. The van der Waals surface area contributed by atoms with Crippen molar-refractivity contribution in [2.45, 2.75) is 126 Å². The molecule has 0 atom stereocenters. The van der Waals surface area contributed by atoms with Crippen LogP contribution in [0.3, 0.4) is 0 Å². The number of hydrogen-bond donors (Lipinski definition) is 0. The maximum Gasteiger partial charge on any atom is 0.158 e. The lowest BCUT2D eigenvalue weighted by molar-refractivity contribution is 0.763. The quantitative estimate of drug-likeness (QED) is 0.260. The van der Waals surface area contributed by atoms with Crippen LogP contribution in [-0.2, 0) is 0 Å². The third-order valence-electron chi connectivity index (χ3n) is 8.22. The van der Waals surface area contributed by atoms with Crippen LogP contribution in [0.25, 0.3) is 0 Å². The van der Waals surface area contributed by atoms with Gasteiger partial charge in [-0.25, -0.2) is 0 Å². The van der Waals surface area contributed by atoms with Crippen LogP contribution in [0.15, 0.2) is 0 Å². The zero-order valence-electron chi connectivity index (χ0n) is 20.4. The first-order chi connectivity index (χ1) is 11.3. The Labute approximate surface area is 176 Å². The van der Waals surface area contributed by atoms with Crippen LogP contribution in [0.4, 0.5) is 0 Å². The van der Waals surface area contributed by atoms with Crippen molar-refractivity contribution >= 4 is 50.8 Å². The molecule has 0 N–H and O–H groups in total. The van der Waals surface area contributed by atoms with E-state index in [0.29, 0.717) is 8.57 Å². The summed E-state index contributed by atoms with van der Waals surface area (Å²) in [5.74, 6) is 0. The first-order valence-electron chi connectivity index (χ1n) is 11.0. The van der Waals surface area contributed by atoms with Gasteiger partial charge in [-0.3, -0.25) is 0 Å². The summed E-state index contributed by atoms with van der Waals surface area (Å²) in [6.07, 6.45) is 5.63. The summed E-state index contributed by atoms with van der Waals surface area (Å²) in [6, 6.07) is 1.40. The Hall–Kier alpha value is 1.37. The average Bonchev–Trinajstić information content (AvgIpc) is 2.65. The van der Waals surface area contributed by atoms with Gasteiger partial charge in [0.2, 0.25) is 0 Å². The Bertz CT molecular complexity index is 434. The van der Waals surface area contributed by atoms with Crippen molar-refractivity contribution in [2.24, 2.45) is 0 Å². The molecule has 1 aliphatic rings. The van der Waals surface area contributed by atoms with Gasteiger partial charge in [-0.15, -0.1) is 0 Å². The summed E-state index contributed by atoms with van der Waals surface area (Å²) < 4.78 is 1.15. The molecule has 0 aromatic rings. The zero-order valence-corrected chi connectivity index (χ0v) is 26.2. The molecule has 0 aromatic heterocycles. The lowest BCUT2D eigenvalue weighted by atomic mass is 10.4. The molecule has 1 saturated heterocycles. The Morgan fingerprint density at radius 1 is 0.654 bits per heavy atom. The fraction of sp³-hybridized carbons (Fsp3) is 1.00. The predicted octanol–water partition coefficient (Wildman–Crippen LogP) is 8.76. The fourth-order valence-electron chi connectivity index (χ4n) is 8.11. The minimum absolute atomic E-state index is 0.574. The van der Waals surface area contributed by atoms with E-state index in [2.05, 4.69) is 85.5 Å². The topological polar surface area (TPSA) is 0 Å². The second kappa shape index (κ2) is 7.26. The first kappa shape index (κ1) is 25.4. The summed E-state index contributed by atoms with van der Waals surface area (Å²) in [5.41, 5.74) is 0. The Morgan fingerprint density at radius 2 is 0.923 bits per heavy atom. The molecule has 0 amide bonds. The van der Waals surface area contributed by atoms with E-state index in [0.717, 1.165) is 0 Å². The molecule has 0 nitrogen and oxygen atoms in total. The summed E-state index contributed by atoms with van der Waals surface area (Å²) >= 11 is 8.41. The van der Waals surface area contributed by atoms with Gasteiger partial charge in [0, 0.05) is 32.3 Å². The molecular formula is C20H49ClSi5. The van der Waals surface area contributed by atoms with Crippen molar-refractivity contribution in [3.8, 4) is 0 Å². The number of hydrogen-bond acceptors (Lipinski definition) is 0. The van der Waals surface area contributed by atoms with E-state index in [9.17, 15) is 0 Å².